The van der Waals surface area contributed by atoms with Gasteiger partial charge in [-0.25, -0.2) is 0 Å². The molecule has 0 saturated carbocycles. The van der Waals surface area contributed by atoms with Crippen molar-refractivity contribution in [3.05, 3.63) is 86.1 Å². The van der Waals surface area contributed by atoms with Gasteiger partial charge in [0.2, 0.25) is 0 Å². The van der Waals surface area contributed by atoms with E-state index in [0.717, 1.165) is 4.90 Å². The van der Waals surface area contributed by atoms with Crippen LogP contribution in [0.3, 0.4) is 0 Å². The number of carbonyl (C=O) groups is 2. The number of benzene rings is 2. The summed E-state index contributed by atoms with van der Waals surface area (Å²) >= 11 is 17.4. The lowest BCUT2D eigenvalue weighted by Gasteiger charge is -2.29. The van der Waals surface area contributed by atoms with Gasteiger partial charge >= 0.3 is 0 Å². The van der Waals surface area contributed by atoms with Crippen molar-refractivity contribution in [2.45, 2.75) is 0 Å². The molecule has 1 aliphatic heterocycles. The summed E-state index contributed by atoms with van der Waals surface area (Å²) in [6, 6.07) is 13.7. The molecule has 0 spiro atoms. The molecule has 1 fully saturated rings. The number of nitro groups is 1. The Labute approximate surface area is 196 Å². The number of halogens is 2. The van der Waals surface area contributed by atoms with E-state index in [4.69, 9.17) is 39.8 Å². The van der Waals surface area contributed by atoms with Crippen LogP contribution in [-0.2, 0) is 9.59 Å². The van der Waals surface area contributed by atoms with Gasteiger partial charge in [0.25, 0.3) is 17.5 Å². The number of nitrogens with zero attached hydrogens (tertiary/aromatic N) is 2. The van der Waals surface area contributed by atoms with Gasteiger partial charge in [0, 0.05) is 17.7 Å². The van der Waals surface area contributed by atoms with E-state index in [-0.39, 0.29) is 37.9 Å². The van der Waals surface area contributed by atoms with Gasteiger partial charge in [0.15, 0.2) is 5.11 Å². The lowest BCUT2D eigenvalue weighted by molar-refractivity contribution is -0.384. The number of non-ortho nitro benzene ring substituents is 1. The highest BCUT2D eigenvalue weighted by Gasteiger charge is 2.36. The molecule has 1 aromatic heterocycles. The minimum atomic E-state index is -0.698. The topological polar surface area (TPSA) is 106 Å². The van der Waals surface area contributed by atoms with Gasteiger partial charge in [-0.15, -0.1) is 0 Å². The Hall–Kier alpha value is -3.53. The molecule has 0 bridgehead atoms. The van der Waals surface area contributed by atoms with Gasteiger partial charge in [-0.1, -0.05) is 29.3 Å². The van der Waals surface area contributed by atoms with E-state index < -0.39 is 16.7 Å². The van der Waals surface area contributed by atoms with Gasteiger partial charge in [0.05, 0.1) is 20.7 Å². The van der Waals surface area contributed by atoms with E-state index >= 15 is 0 Å². The van der Waals surface area contributed by atoms with E-state index in [1.165, 1.54) is 30.3 Å². The number of amides is 2. The molecule has 11 heteroatoms. The van der Waals surface area contributed by atoms with Gasteiger partial charge in [-0.3, -0.25) is 29.9 Å². The second-order valence-electron chi connectivity index (χ2n) is 6.54. The fraction of sp³-hybridized carbons (Fsp3) is 0. The molecule has 1 saturated heterocycles. The summed E-state index contributed by atoms with van der Waals surface area (Å²) in [5, 5.41) is 13.5. The Kier molecular flexibility index (Phi) is 5.79. The van der Waals surface area contributed by atoms with Crippen LogP contribution in [0.5, 0.6) is 0 Å². The monoisotopic (exact) mass is 487 g/mol. The first kappa shape index (κ1) is 21.7. The van der Waals surface area contributed by atoms with Crippen molar-refractivity contribution >= 4 is 69.8 Å². The zero-order chi connectivity index (χ0) is 23.0. The molecule has 0 radical (unpaired) electrons. The number of hydrogen-bond acceptors (Lipinski definition) is 6. The number of anilines is 1. The van der Waals surface area contributed by atoms with Crippen LogP contribution >= 0.6 is 35.4 Å². The third-order valence-electron chi connectivity index (χ3n) is 4.55. The lowest BCUT2D eigenvalue weighted by atomic mass is 10.1. The number of thiocarbonyl (C=S) groups is 1. The summed E-state index contributed by atoms with van der Waals surface area (Å²) in [6.07, 6.45) is 1.28. The van der Waals surface area contributed by atoms with E-state index in [0.29, 0.717) is 11.3 Å². The fourth-order valence-corrected chi connectivity index (χ4v) is 3.67. The highest BCUT2D eigenvalue weighted by molar-refractivity contribution is 7.80. The molecule has 160 valence electrons. The number of nitro benzene ring substituents is 1. The normalized spacial score (nSPS) is 15.2. The van der Waals surface area contributed by atoms with Crippen LogP contribution in [0, 0.1) is 10.1 Å². The standard InChI is InChI=1S/C21H11Cl2N3O5S/c22-15-2-1-3-16(18(15)23)25-20(28)14(19(27)24-21(25)32)10-13-8-9-17(31-13)11-4-6-12(7-5-11)26(29)30/h1-10H,(H,24,27,32)/b14-10-. The second kappa shape index (κ2) is 8.54. The maximum absolute atomic E-state index is 13.1. The lowest BCUT2D eigenvalue weighted by Crippen LogP contribution is -2.54. The number of hydrogen-bond donors (Lipinski definition) is 1. The van der Waals surface area contributed by atoms with Gasteiger partial charge in [0.1, 0.15) is 17.1 Å². The molecule has 3 aromatic rings. The van der Waals surface area contributed by atoms with Crippen LogP contribution in [0.15, 0.2) is 64.6 Å². The minimum Gasteiger partial charge on any atom is -0.457 e. The molecular formula is C21H11Cl2N3O5S. The van der Waals surface area contributed by atoms with Crippen molar-refractivity contribution in [3.8, 4) is 11.3 Å². The molecule has 2 heterocycles. The van der Waals surface area contributed by atoms with Crippen molar-refractivity contribution in [2.75, 3.05) is 4.90 Å². The molecule has 0 aliphatic carbocycles. The van der Waals surface area contributed by atoms with Crippen molar-refractivity contribution < 1.29 is 18.9 Å². The quantitative estimate of drug-likeness (QED) is 0.182. The third kappa shape index (κ3) is 4.01. The average Bonchev–Trinajstić information content (AvgIpc) is 3.23. The summed E-state index contributed by atoms with van der Waals surface area (Å²) in [5.74, 6) is -0.763. The van der Waals surface area contributed by atoms with Crippen molar-refractivity contribution in [3.63, 3.8) is 0 Å². The second-order valence-corrected chi connectivity index (χ2v) is 7.71. The average molecular weight is 488 g/mol. The number of rotatable bonds is 4. The molecule has 8 nitrogen and oxygen atoms in total. The van der Waals surface area contributed by atoms with E-state index in [2.05, 4.69) is 5.32 Å². The maximum Gasteiger partial charge on any atom is 0.270 e. The van der Waals surface area contributed by atoms with Crippen LogP contribution in [0.2, 0.25) is 10.0 Å². The fourth-order valence-electron chi connectivity index (χ4n) is 3.02. The van der Waals surface area contributed by atoms with Crippen LogP contribution in [0.1, 0.15) is 5.76 Å². The smallest absolute Gasteiger partial charge is 0.270 e. The van der Waals surface area contributed by atoms with E-state index in [1.807, 2.05) is 0 Å². The molecule has 0 atom stereocenters. The minimum absolute atomic E-state index is 0.0529. The zero-order valence-corrected chi connectivity index (χ0v) is 18.2. The Morgan fingerprint density at radius 3 is 2.47 bits per heavy atom. The van der Waals surface area contributed by atoms with Crippen molar-refractivity contribution in [2.24, 2.45) is 0 Å². The zero-order valence-electron chi connectivity index (χ0n) is 15.9. The molecular weight excluding hydrogens is 477 g/mol. The molecule has 4 rings (SSSR count). The Balaban J connectivity index is 1.67. The van der Waals surface area contributed by atoms with E-state index in [1.54, 1.807) is 30.3 Å². The molecule has 0 unspecified atom stereocenters. The van der Waals surface area contributed by atoms with Crippen LogP contribution < -0.4 is 10.2 Å². The SMILES string of the molecule is O=C1NC(=S)N(c2cccc(Cl)c2Cl)C(=O)/C1=C\c1ccc(-c2ccc([N+](=O)[O-])cc2)o1. The summed E-state index contributed by atoms with van der Waals surface area (Å²) in [5.41, 5.74) is 0.543. The summed E-state index contributed by atoms with van der Waals surface area (Å²) in [6.45, 7) is 0. The summed E-state index contributed by atoms with van der Waals surface area (Å²) < 4.78 is 5.70. The summed E-state index contributed by atoms with van der Waals surface area (Å²) in [7, 11) is 0. The molecule has 2 aromatic carbocycles. The van der Waals surface area contributed by atoms with Crippen LogP contribution in [0.4, 0.5) is 11.4 Å². The van der Waals surface area contributed by atoms with Gasteiger partial charge < -0.3 is 4.42 Å². The Bertz CT molecular complexity index is 1320. The van der Waals surface area contributed by atoms with E-state index in [9.17, 15) is 19.7 Å². The molecule has 1 N–H and O–H groups in total. The first-order valence-corrected chi connectivity index (χ1v) is 10.1. The number of carbonyl (C=O) groups excluding carboxylic acids is 2. The molecule has 32 heavy (non-hydrogen) atoms. The van der Waals surface area contributed by atoms with Gasteiger partial charge in [-0.2, -0.15) is 0 Å². The first-order chi connectivity index (χ1) is 15.3. The van der Waals surface area contributed by atoms with Crippen LogP contribution in [0.25, 0.3) is 17.4 Å². The predicted molar refractivity (Wildman–Crippen MR) is 123 cm³/mol. The third-order valence-corrected chi connectivity index (χ3v) is 5.64. The number of nitrogens with one attached hydrogen (secondary N) is 1. The summed E-state index contributed by atoms with van der Waals surface area (Å²) in [4.78, 5) is 36.9. The largest absolute Gasteiger partial charge is 0.457 e. The Morgan fingerprint density at radius 2 is 1.78 bits per heavy atom. The maximum atomic E-state index is 13.1. The molecule has 1 aliphatic rings. The van der Waals surface area contributed by atoms with Crippen molar-refractivity contribution in [1.29, 1.82) is 0 Å². The van der Waals surface area contributed by atoms with Crippen molar-refractivity contribution in [1.82, 2.24) is 5.32 Å². The highest BCUT2D eigenvalue weighted by atomic mass is 35.5. The first-order valence-electron chi connectivity index (χ1n) is 8.96. The van der Waals surface area contributed by atoms with Gasteiger partial charge in [-0.05, 0) is 54.7 Å². The number of furan rings is 1. The predicted octanol–water partition coefficient (Wildman–Crippen LogP) is 4.99. The van der Waals surface area contributed by atoms with Crippen LogP contribution in [-0.4, -0.2) is 21.9 Å². The Morgan fingerprint density at radius 1 is 1.06 bits per heavy atom. The highest BCUT2D eigenvalue weighted by Crippen LogP contribution is 2.34. The molecule has 2 amide bonds.